The fraction of sp³-hybridized carbons (Fsp3) is 0.316. The van der Waals surface area contributed by atoms with Gasteiger partial charge in [-0.3, -0.25) is 10.0 Å². The number of aliphatic imine (C=N–C) groups is 1. The summed E-state index contributed by atoms with van der Waals surface area (Å²) in [6.45, 7) is 4.20. The number of allylic oxidation sites excluding steroid dienone is 1. The third-order valence-corrected chi connectivity index (χ3v) is 4.67. The summed E-state index contributed by atoms with van der Waals surface area (Å²) < 4.78 is 0. The van der Waals surface area contributed by atoms with Gasteiger partial charge in [-0.15, -0.1) is 0 Å². The SMILES string of the molecule is CN(C)N1C=C2C(c3ccc(C(C)(C)O)cc3)=NCN2c2cc[nH]c21. The van der Waals surface area contributed by atoms with E-state index < -0.39 is 5.60 Å². The third-order valence-electron chi connectivity index (χ3n) is 4.67. The molecule has 0 bridgehead atoms. The number of anilines is 2. The molecule has 1 aromatic heterocycles. The number of hydrazine groups is 1. The Bertz CT molecular complexity index is 855. The van der Waals surface area contributed by atoms with E-state index in [2.05, 4.69) is 27.2 Å². The molecule has 6 heteroatoms. The molecule has 0 saturated heterocycles. The molecule has 4 rings (SSSR count). The van der Waals surface area contributed by atoms with Crippen LogP contribution in [0.2, 0.25) is 0 Å². The number of aromatic nitrogens is 1. The van der Waals surface area contributed by atoms with Crippen molar-refractivity contribution in [2.45, 2.75) is 19.4 Å². The van der Waals surface area contributed by atoms with Crippen molar-refractivity contribution < 1.29 is 5.11 Å². The first-order valence-electron chi connectivity index (χ1n) is 8.37. The lowest BCUT2D eigenvalue weighted by Gasteiger charge is -2.35. The van der Waals surface area contributed by atoms with E-state index in [4.69, 9.17) is 4.99 Å². The summed E-state index contributed by atoms with van der Waals surface area (Å²) in [5.41, 5.74) is 4.29. The van der Waals surface area contributed by atoms with Gasteiger partial charge in [0, 0.05) is 32.1 Å². The van der Waals surface area contributed by atoms with Gasteiger partial charge < -0.3 is 15.0 Å². The number of rotatable bonds is 3. The quantitative estimate of drug-likeness (QED) is 0.904. The number of aliphatic hydroxyl groups is 1. The molecule has 0 fully saturated rings. The maximum Gasteiger partial charge on any atom is 0.149 e. The minimum atomic E-state index is -0.839. The van der Waals surface area contributed by atoms with Gasteiger partial charge in [0.25, 0.3) is 0 Å². The van der Waals surface area contributed by atoms with E-state index in [-0.39, 0.29) is 0 Å². The van der Waals surface area contributed by atoms with Gasteiger partial charge in [0.2, 0.25) is 0 Å². The van der Waals surface area contributed by atoms with Gasteiger partial charge in [-0.25, -0.2) is 5.01 Å². The Hall–Kier alpha value is -2.57. The fourth-order valence-corrected chi connectivity index (χ4v) is 3.29. The topological polar surface area (TPSA) is 58.1 Å². The highest BCUT2D eigenvalue weighted by atomic mass is 16.3. The second kappa shape index (κ2) is 5.47. The van der Waals surface area contributed by atoms with Crippen LogP contribution in [-0.4, -0.2) is 41.6 Å². The average Bonchev–Trinajstić information content (AvgIpc) is 3.19. The van der Waals surface area contributed by atoms with Gasteiger partial charge >= 0.3 is 0 Å². The van der Waals surface area contributed by atoms with E-state index in [9.17, 15) is 5.11 Å². The Morgan fingerprint density at radius 2 is 1.88 bits per heavy atom. The molecule has 2 aliphatic rings. The van der Waals surface area contributed by atoms with Crippen LogP contribution in [0.25, 0.3) is 0 Å². The molecule has 0 spiro atoms. The van der Waals surface area contributed by atoms with Crippen molar-refractivity contribution in [2.75, 3.05) is 30.7 Å². The lowest BCUT2D eigenvalue weighted by atomic mass is 9.96. The number of benzene rings is 1. The highest BCUT2D eigenvalue weighted by Crippen LogP contribution is 2.39. The summed E-state index contributed by atoms with van der Waals surface area (Å²) >= 11 is 0. The van der Waals surface area contributed by atoms with Crippen molar-refractivity contribution in [2.24, 2.45) is 4.99 Å². The molecule has 0 unspecified atom stereocenters. The van der Waals surface area contributed by atoms with Crippen LogP contribution >= 0.6 is 0 Å². The predicted octanol–water partition coefficient (Wildman–Crippen LogP) is 2.65. The van der Waals surface area contributed by atoms with E-state index in [1.807, 2.05) is 49.6 Å². The van der Waals surface area contributed by atoms with Gasteiger partial charge in [0.15, 0.2) is 0 Å². The standard InChI is InChI=1S/C19H23N5O/c1-19(2,25)14-7-5-13(6-8-14)17-16-11-24(22(3)4)18-15(9-10-20-18)23(16)12-21-17/h5-11,20,25H,12H2,1-4H3. The van der Waals surface area contributed by atoms with Crippen molar-refractivity contribution in [3.8, 4) is 0 Å². The van der Waals surface area contributed by atoms with Gasteiger partial charge in [-0.1, -0.05) is 24.3 Å². The van der Waals surface area contributed by atoms with Gasteiger partial charge in [0.1, 0.15) is 12.5 Å². The van der Waals surface area contributed by atoms with Crippen molar-refractivity contribution in [3.05, 3.63) is 59.6 Å². The summed E-state index contributed by atoms with van der Waals surface area (Å²) in [7, 11) is 4.03. The summed E-state index contributed by atoms with van der Waals surface area (Å²) in [6, 6.07) is 10.1. The number of hydrogen-bond donors (Lipinski definition) is 2. The molecular formula is C19H23N5O. The summed E-state index contributed by atoms with van der Waals surface area (Å²) in [4.78, 5) is 10.3. The largest absolute Gasteiger partial charge is 0.386 e. The highest BCUT2D eigenvalue weighted by molar-refractivity contribution is 6.17. The number of aromatic amines is 1. The molecule has 0 radical (unpaired) electrons. The molecule has 2 N–H and O–H groups in total. The Kier molecular flexibility index (Phi) is 3.49. The monoisotopic (exact) mass is 337 g/mol. The van der Waals surface area contributed by atoms with Crippen LogP contribution in [-0.2, 0) is 5.60 Å². The third kappa shape index (κ3) is 2.54. The van der Waals surface area contributed by atoms with Crippen LogP contribution in [0.5, 0.6) is 0 Å². The molecule has 0 atom stereocenters. The number of nitrogens with zero attached hydrogens (tertiary/aromatic N) is 4. The molecule has 6 nitrogen and oxygen atoms in total. The van der Waals surface area contributed by atoms with E-state index >= 15 is 0 Å². The molecule has 0 saturated carbocycles. The van der Waals surface area contributed by atoms with Crippen LogP contribution in [0.15, 0.2) is 53.4 Å². The first-order chi connectivity index (χ1) is 11.9. The molecule has 2 aromatic rings. The summed E-state index contributed by atoms with van der Waals surface area (Å²) in [5, 5.41) is 14.3. The lowest BCUT2D eigenvalue weighted by molar-refractivity contribution is 0.0786. The summed E-state index contributed by atoms with van der Waals surface area (Å²) in [5.74, 6) is 1.04. The molecular weight excluding hydrogens is 314 g/mol. The molecule has 0 aliphatic carbocycles. The van der Waals surface area contributed by atoms with Gasteiger partial charge in [-0.2, -0.15) is 0 Å². The molecule has 3 heterocycles. The predicted molar refractivity (Wildman–Crippen MR) is 101 cm³/mol. The summed E-state index contributed by atoms with van der Waals surface area (Å²) in [6.07, 6.45) is 4.06. The lowest BCUT2D eigenvalue weighted by Crippen LogP contribution is -2.39. The normalized spacial score (nSPS) is 16.7. The van der Waals surface area contributed by atoms with Crippen molar-refractivity contribution in [3.63, 3.8) is 0 Å². The molecule has 0 amide bonds. The van der Waals surface area contributed by atoms with Gasteiger partial charge in [-0.05, 0) is 25.5 Å². The van der Waals surface area contributed by atoms with Crippen molar-refractivity contribution in [1.82, 2.24) is 9.99 Å². The molecule has 130 valence electrons. The molecule has 1 aromatic carbocycles. The van der Waals surface area contributed by atoms with E-state index in [0.717, 1.165) is 34.0 Å². The average molecular weight is 337 g/mol. The number of nitrogens with one attached hydrogen (secondary N) is 1. The van der Waals surface area contributed by atoms with Crippen molar-refractivity contribution in [1.29, 1.82) is 0 Å². The van der Waals surface area contributed by atoms with Crippen LogP contribution < -0.4 is 9.91 Å². The van der Waals surface area contributed by atoms with Crippen LogP contribution in [0.4, 0.5) is 11.5 Å². The number of hydrogen-bond acceptors (Lipinski definition) is 5. The van der Waals surface area contributed by atoms with Gasteiger partial charge in [0.05, 0.1) is 22.7 Å². The second-order valence-corrected chi connectivity index (χ2v) is 7.13. The zero-order valence-electron chi connectivity index (χ0n) is 15.0. The van der Waals surface area contributed by atoms with E-state index in [1.165, 1.54) is 0 Å². The Morgan fingerprint density at radius 3 is 2.52 bits per heavy atom. The number of H-pyrrole nitrogens is 1. The number of fused-ring (bicyclic) bond motifs is 3. The fourth-order valence-electron chi connectivity index (χ4n) is 3.29. The maximum atomic E-state index is 10.1. The first kappa shape index (κ1) is 15.9. The Labute approximate surface area is 147 Å². The second-order valence-electron chi connectivity index (χ2n) is 7.13. The minimum absolute atomic E-state index is 0.612. The van der Waals surface area contributed by atoms with Crippen molar-refractivity contribution >= 4 is 17.2 Å². The Balaban J connectivity index is 1.72. The van der Waals surface area contributed by atoms with Crippen LogP contribution in [0.3, 0.4) is 0 Å². The smallest absolute Gasteiger partial charge is 0.149 e. The molecule has 25 heavy (non-hydrogen) atoms. The Morgan fingerprint density at radius 1 is 1.16 bits per heavy atom. The molecule has 2 aliphatic heterocycles. The van der Waals surface area contributed by atoms with E-state index in [1.54, 1.807) is 13.8 Å². The first-order valence-corrected chi connectivity index (χ1v) is 8.37. The van der Waals surface area contributed by atoms with E-state index in [0.29, 0.717) is 6.67 Å². The minimum Gasteiger partial charge on any atom is -0.386 e. The maximum absolute atomic E-state index is 10.1. The van der Waals surface area contributed by atoms with Crippen LogP contribution in [0, 0.1) is 0 Å². The zero-order valence-corrected chi connectivity index (χ0v) is 15.0. The van der Waals surface area contributed by atoms with Crippen LogP contribution in [0.1, 0.15) is 25.0 Å². The zero-order chi connectivity index (χ0) is 17.8. The highest BCUT2D eigenvalue weighted by Gasteiger charge is 2.33.